The van der Waals surface area contributed by atoms with E-state index in [1.165, 1.54) is 0 Å². The van der Waals surface area contributed by atoms with Crippen molar-refractivity contribution < 1.29 is 9.26 Å². The molecule has 1 saturated heterocycles. The molecule has 1 aliphatic rings. The number of ether oxygens (including phenoxy) is 1. The third-order valence-corrected chi connectivity index (χ3v) is 4.50. The summed E-state index contributed by atoms with van der Waals surface area (Å²) in [5, 5.41) is 8.38. The lowest BCUT2D eigenvalue weighted by molar-refractivity contribution is -0.0532. The van der Waals surface area contributed by atoms with Crippen LogP contribution in [0.25, 0.3) is 11.4 Å². The van der Waals surface area contributed by atoms with Crippen molar-refractivity contribution in [1.82, 2.24) is 24.8 Å². The number of nitrogens with zero attached hydrogens (tertiary/aromatic N) is 5. The van der Waals surface area contributed by atoms with E-state index >= 15 is 0 Å². The van der Waals surface area contributed by atoms with Crippen molar-refractivity contribution in [3.05, 3.63) is 54.7 Å². The van der Waals surface area contributed by atoms with Gasteiger partial charge in [-0.2, -0.15) is 10.1 Å². The van der Waals surface area contributed by atoms with Crippen LogP contribution in [0.2, 0.25) is 0 Å². The van der Waals surface area contributed by atoms with Crippen molar-refractivity contribution in [3.63, 3.8) is 0 Å². The normalized spacial score (nSPS) is 19.8. The first-order valence-corrected chi connectivity index (χ1v) is 8.52. The number of morpholine rings is 1. The van der Waals surface area contributed by atoms with Gasteiger partial charge in [0.05, 0.1) is 25.3 Å². The van der Waals surface area contributed by atoms with Crippen LogP contribution < -0.4 is 0 Å². The SMILES string of the molecule is C[C@H](c1nc(-c2ccccc2)no1)N1CCO[C@@H](Cn2cccn2)C1. The molecule has 130 valence electrons. The smallest absolute Gasteiger partial charge is 0.244 e. The fourth-order valence-corrected chi connectivity index (χ4v) is 3.09. The Bertz CT molecular complexity index is 787. The van der Waals surface area contributed by atoms with Crippen molar-refractivity contribution in [2.24, 2.45) is 0 Å². The zero-order valence-corrected chi connectivity index (χ0v) is 14.2. The molecule has 1 aromatic carbocycles. The minimum absolute atomic E-state index is 0.0500. The maximum absolute atomic E-state index is 5.87. The van der Waals surface area contributed by atoms with E-state index < -0.39 is 0 Å². The summed E-state index contributed by atoms with van der Waals surface area (Å²) in [6.07, 6.45) is 3.84. The van der Waals surface area contributed by atoms with Gasteiger partial charge in [0, 0.05) is 31.0 Å². The van der Waals surface area contributed by atoms with Crippen molar-refractivity contribution in [3.8, 4) is 11.4 Å². The molecule has 0 bridgehead atoms. The molecule has 0 unspecified atom stereocenters. The fraction of sp³-hybridized carbons (Fsp3) is 0.389. The van der Waals surface area contributed by atoms with Gasteiger partial charge in [0.15, 0.2) is 0 Å². The average Bonchev–Trinajstić information content (AvgIpc) is 3.34. The van der Waals surface area contributed by atoms with Gasteiger partial charge in [-0.3, -0.25) is 9.58 Å². The molecule has 25 heavy (non-hydrogen) atoms. The summed E-state index contributed by atoms with van der Waals surface area (Å²) in [4.78, 5) is 6.90. The maximum atomic E-state index is 5.87. The van der Waals surface area contributed by atoms with Crippen LogP contribution in [-0.2, 0) is 11.3 Å². The molecule has 0 amide bonds. The third-order valence-electron chi connectivity index (χ3n) is 4.50. The zero-order valence-electron chi connectivity index (χ0n) is 14.2. The minimum atomic E-state index is 0.0500. The number of hydrogen-bond acceptors (Lipinski definition) is 6. The molecule has 3 heterocycles. The first-order valence-electron chi connectivity index (χ1n) is 8.52. The van der Waals surface area contributed by atoms with Crippen LogP contribution in [0.3, 0.4) is 0 Å². The Kier molecular flexibility index (Phi) is 4.58. The first kappa shape index (κ1) is 16.0. The van der Waals surface area contributed by atoms with Crippen LogP contribution in [0.15, 0.2) is 53.3 Å². The third kappa shape index (κ3) is 3.62. The molecule has 0 aliphatic carbocycles. The predicted molar refractivity (Wildman–Crippen MR) is 91.7 cm³/mol. The lowest BCUT2D eigenvalue weighted by Gasteiger charge is -2.35. The van der Waals surface area contributed by atoms with Crippen LogP contribution >= 0.6 is 0 Å². The van der Waals surface area contributed by atoms with E-state index in [1.54, 1.807) is 6.20 Å². The Balaban J connectivity index is 1.43. The van der Waals surface area contributed by atoms with Gasteiger partial charge >= 0.3 is 0 Å². The summed E-state index contributed by atoms with van der Waals surface area (Å²) in [6, 6.07) is 11.8. The van der Waals surface area contributed by atoms with Gasteiger partial charge in [0.25, 0.3) is 0 Å². The van der Waals surface area contributed by atoms with E-state index in [9.17, 15) is 0 Å². The standard InChI is InChI=1S/C18H21N5O2/c1-14(18-20-17(21-25-18)15-6-3-2-4-7-15)22-10-11-24-16(12-22)13-23-9-5-8-19-23/h2-9,14,16H,10-13H2,1H3/t14-,16-/m1/s1. The summed E-state index contributed by atoms with van der Waals surface area (Å²) in [7, 11) is 0. The van der Waals surface area contributed by atoms with E-state index in [1.807, 2.05) is 47.3 Å². The Morgan fingerprint density at radius 3 is 2.92 bits per heavy atom. The van der Waals surface area contributed by atoms with Crippen LogP contribution in [0.1, 0.15) is 18.9 Å². The van der Waals surface area contributed by atoms with Gasteiger partial charge in [-0.15, -0.1) is 0 Å². The largest absolute Gasteiger partial charge is 0.374 e. The topological polar surface area (TPSA) is 69.2 Å². The predicted octanol–water partition coefficient (Wildman–Crippen LogP) is 2.40. The second-order valence-corrected chi connectivity index (χ2v) is 6.21. The van der Waals surface area contributed by atoms with Crippen LogP contribution in [0.4, 0.5) is 0 Å². The van der Waals surface area contributed by atoms with E-state index in [-0.39, 0.29) is 12.1 Å². The summed E-state index contributed by atoms with van der Waals surface area (Å²) in [5.41, 5.74) is 0.961. The van der Waals surface area contributed by atoms with E-state index in [0.717, 1.165) is 25.2 Å². The molecular weight excluding hydrogens is 318 g/mol. The summed E-state index contributed by atoms with van der Waals surface area (Å²) >= 11 is 0. The molecule has 0 saturated carbocycles. The number of aromatic nitrogens is 4. The molecule has 0 radical (unpaired) electrons. The van der Waals surface area contributed by atoms with E-state index in [0.29, 0.717) is 18.3 Å². The molecule has 0 N–H and O–H groups in total. The molecule has 4 rings (SSSR count). The van der Waals surface area contributed by atoms with Gasteiger partial charge in [0.2, 0.25) is 11.7 Å². The molecule has 2 aromatic heterocycles. The summed E-state index contributed by atoms with van der Waals surface area (Å²) < 4.78 is 13.3. The Morgan fingerprint density at radius 2 is 2.12 bits per heavy atom. The van der Waals surface area contributed by atoms with Gasteiger partial charge in [0.1, 0.15) is 0 Å². The quantitative estimate of drug-likeness (QED) is 0.711. The lowest BCUT2D eigenvalue weighted by atomic mass is 10.2. The van der Waals surface area contributed by atoms with Gasteiger partial charge in [-0.25, -0.2) is 0 Å². The van der Waals surface area contributed by atoms with Gasteiger partial charge < -0.3 is 9.26 Å². The Labute approximate surface area is 146 Å². The average molecular weight is 339 g/mol. The Hall–Kier alpha value is -2.51. The fourth-order valence-electron chi connectivity index (χ4n) is 3.09. The minimum Gasteiger partial charge on any atom is -0.374 e. The second kappa shape index (κ2) is 7.16. The van der Waals surface area contributed by atoms with Gasteiger partial charge in [-0.05, 0) is 13.0 Å². The highest BCUT2D eigenvalue weighted by Crippen LogP contribution is 2.24. The first-order chi connectivity index (χ1) is 12.3. The molecule has 7 heteroatoms. The highest BCUT2D eigenvalue weighted by atomic mass is 16.5. The Morgan fingerprint density at radius 1 is 1.24 bits per heavy atom. The summed E-state index contributed by atoms with van der Waals surface area (Å²) in [6.45, 7) is 5.19. The molecule has 1 fully saturated rings. The molecule has 0 spiro atoms. The number of benzene rings is 1. The van der Waals surface area contributed by atoms with E-state index in [4.69, 9.17) is 9.26 Å². The van der Waals surface area contributed by atoms with Gasteiger partial charge in [-0.1, -0.05) is 35.5 Å². The van der Waals surface area contributed by atoms with Crippen LogP contribution in [0.5, 0.6) is 0 Å². The van der Waals surface area contributed by atoms with E-state index in [2.05, 4.69) is 27.1 Å². The highest BCUT2D eigenvalue weighted by molar-refractivity contribution is 5.53. The molecule has 3 aromatic rings. The van der Waals surface area contributed by atoms with Crippen molar-refractivity contribution in [2.45, 2.75) is 25.6 Å². The molecule has 1 aliphatic heterocycles. The van der Waals surface area contributed by atoms with Crippen LogP contribution in [0, 0.1) is 0 Å². The van der Waals surface area contributed by atoms with Crippen molar-refractivity contribution in [1.29, 1.82) is 0 Å². The monoisotopic (exact) mass is 339 g/mol. The molecule has 2 atom stereocenters. The second-order valence-electron chi connectivity index (χ2n) is 6.21. The lowest BCUT2D eigenvalue weighted by Crippen LogP contribution is -2.45. The number of rotatable bonds is 5. The molecule has 7 nitrogen and oxygen atoms in total. The van der Waals surface area contributed by atoms with Crippen molar-refractivity contribution in [2.75, 3.05) is 19.7 Å². The van der Waals surface area contributed by atoms with Crippen molar-refractivity contribution >= 4 is 0 Å². The number of hydrogen-bond donors (Lipinski definition) is 0. The summed E-state index contributed by atoms with van der Waals surface area (Å²) in [5.74, 6) is 1.27. The highest BCUT2D eigenvalue weighted by Gasteiger charge is 2.28. The molecular formula is C18H21N5O2. The maximum Gasteiger partial charge on any atom is 0.244 e. The van der Waals surface area contributed by atoms with Crippen LogP contribution in [-0.4, -0.2) is 50.6 Å². The zero-order chi connectivity index (χ0) is 17.1.